The summed E-state index contributed by atoms with van der Waals surface area (Å²) in [5, 5.41) is 2.70. The average molecular weight is 125 g/mol. The van der Waals surface area contributed by atoms with Crippen LogP contribution >= 0.6 is 0 Å². The van der Waals surface area contributed by atoms with Gasteiger partial charge >= 0.3 is 0 Å². The summed E-state index contributed by atoms with van der Waals surface area (Å²) in [6, 6.07) is 0.203. The second-order valence-corrected chi connectivity index (χ2v) is 2.41. The van der Waals surface area contributed by atoms with Gasteiger partial charge in [-0.1, -0.05) is 0 Å². The van der Waals surface area contributed by atoms with Crippen LogP contribution in [0.25, 0.3) is 0 Å². The molecule has 0 aromatic heterocycles. The molecule has 0 aromatic rings. The summed E-state index contributed by atoms with van der Waals surface area (Å²) in [6.07, 6.45) is 0. The Balaban J connectivity index is 3.65. The molecular formula is C6H12BNO. The lowest BCUT2D eigenvalue weighted by Gasteiger charge is -2.06. The van der Waals surface area contributed by atoms with Crippen molar-refractivity contribution >= 4 is 13.8 Å². The first kappa shape index (κ1) is 8.27. The molecule has 0 atom stereocenters. The van der Waals surface area contributed by atoms with Gasteiger partial charge in [0.1, 0.15) is 7.85 Å². The predicted octanol–water partition coefficient (Wildman–Crippen LogP) is -0.342. The summed E-state index contributed by atoms with van der Waals surface area (Å²) in [5.41, 5.74) is 0.559. The third-order valence-electron chi connectivity index (χ3n) is 0.807. The fourth-order valence-corrected chi connectivity index (χ4v) is 0.385. The maximum Gasteiger partial charge on any atom is 0.237 e. The van der Waals surface area contributed by atoms with Crippen LogP contribution in [0.5, 0.6) is 0 Å². The van der Waals surface area contributed by atoms with Crippen LogP contribution < -0.4 is 5.32 Å². The van der Waals surface area contributed by atoms with Crippen molar-refractivity contribution in [1.82, 2.24) is 5.32 Å². The summed E-state index contributed by atoms with van der Waals surface area (Å²) in [5.74, 6) is -0.0648. The molecule has 0 fully saturated rings. The van der Waals surface area contributed by atoms with Gasteiger partial charge in [0, 0.05) is 6.04 Å². The van der Waals surface area contributed by atoms with Crippen molar-refractivity contribution in [2.45, 2.75) is 19.9 Å². The first-order valence-corrected chi connectivity index (χ1v) is 3.00. The van der Waals surface area contributed by atoms with E-state index in [1.807, 2.05) is 13.8 Å². The SMILES string of the molecule is BC(=C)C(=O)NC(C)C. The van der Waals surface area contributed by atoms with Gasteiger partial charge in [0.15, 0.2) is 0 Å². The van der Waals surface area contributed by atoms with Gasteiger partial charge in [0.2, 0.25) is 5.91 Å². The van der Waals surface area contributed by atoms with Gasteiger partial charge in [-0.25, -0.2) is 0 Å². The Hall–Kier alpha value is -0.725. The highest BCUT2D eigenvalue weighted by Gasteiger charge is 2.00. The number of hydrogen-bond donors (Lipinski definition) is 1. The summed E-state index contributed by atoms with van der Waals surface area (Å²) in [7, 11) is 1.69. The van der Waals surface area contributed by atoms with E-state index in [0.29, 0.717) is 5.47 Å². The van der Waals surface area contributed by atoms with Crippen LogP contribution in [-0.4, -0.2) is 19.8 Å². The molecule has 1 amide bonds. The molecule has 0 aromatic carbocycles. The lowest BCUT2D eigenvalue weighted by molar-refractivity contribution is -0.117. The largest absolute Gasteiger partial charge is 0.351 e. The van der Waals surface area contributed by atoms with Gasteiger partial charge in [-0.2, -0.15) is 0 Å². The Morgan fingerprint density at radius 2 is 2.11 bits per heavy atom. The maximum atomic E-state index is 10.7. The smallest absolute Gasteiger partial charge is 0.237 e. The maximum absolute atomic E-state index is 10.7. The van der Waals surface area contributed by atoms with E-state index in [2.05, 4.69) is 11.9 Å². The van der Waals surface area contributed by atoms with E-state index in [1.54, 1.807) is 7.85 Å². The fourth-order valence-electron chi connectivity index (χ4n) is 0.385. The summed E-state index contributed by atoms with van der Waals surface area (Å²) >= 11 is 0. The minimum absolute atomic E-state index is 0.0648. The number of nitrogens with one attached hydrogen (secondary N) is 1. The second kappa shape index (κ2) is 3.33. The van der Waals surface area contributed by atoms with Crippen LogP contribution in [0.4, 0.5) is 0 Å². The second-order valence-electron chi connectivity index (χ2n) is 2.41. The number of amides is 1. The molecule has 2 nitrogen and oxygen atoms in total. The van der Waals surface area contributed by atoms with Crippen LogP contribution in [0.2, 0.25) is 0 Å². The van der Waals surface area contributed by atoms with Crippen molar-refractivity contribution in [1.29, 1.82) is 0 Å². The van der Waals surface area contributed by atoms with E-state index < -0.39 is 0 Å². The third-order valence-corrected chi connectivity index (χ3v) is 0.807. The molecule has 50 valence electrons. The van der Waals surface area contributed by atoms with E-state index in [0.717, 1.165) is 0 Å². The highest BCUT2D eigenvalue weighted by molar-refractivity contribution is 6.35. The Labute approximate surface area is 56.7 Å². The number of rotatable bonds is 2. The highest BCUT2D eigenvalue weighted by Crippen LogP contribution is 1.83. The van der Waals surface area contributed by atoms with E-state index in [-0.39, 0.29) is 11.9 Å². The van der Waals surface area contributed by atoms with Crippen molar-refractivity contribution in [2.24, 2.45) is 0 Å². The first-order chi connectivity index (χ1) is 4.04. The molecule has 0 aliphatic heterocycles. The van der Waals surface area contributed by atoms with Gasteiger partial charge < -0.3 is 5.32 Å². The zero-order valence-electron chi connectivity index (χ0n) is 6.19. The summed E-state index contributed by atoms with van der Waals surface area (Å²) in [6.45, 7) is 7.33. The van der Waals surface area contributed by atoms with Crippen molar-refractivity contribution in [3.8, 4) is 0 Å². The molecule has 0 saturated carbocycles. The molecule has 9 heavy (non-hydrogen) atoms. The van der Waals surface area contributed by atoms with Crippen LogP contribution in [-0.2, 0) is 4.79 Å². The van der Waals surface area contributed by atoms with Crippen molar-refractivity contribution in [3.63, 3.8) is 0 Å². The van der Waals surface area contributed by atoms with E-state index in [1.165, 1.54) is 0 Å². The molecule has 0 aliphatic carbocycles. The quantitative estimate of drug-likeness (QED) is 0.397. The molecule has 1 N–H and O–H groups in total. The molecule has 0 rings (SSSR count). The lowest BCUT2D eigenvalue weighted by atomic mass is 9.97. The van der Waals surface area contributed by atoms with Crippen molar-refractivity contribution < 1.29 is 4.79 Å². The molecule has 3 heteroatoms. The molecule has 0 bridgehead atoms. The van der Waals surface area contributed by atoms with Gasteiger partial charge in [0.05, 0.1) is 0 Å². The van der Waals surface area contributed by atoms with Gasteiger partial charge in [-0.3, -0.25) is 4.79 Å². The van der Waals surface area contributed by atoms with Crippen LogP contribution in [0, 0.1) is 0 Å². The minimum atomic E-state index is -0.0648. The highest BCUT2D eigenvalue weighted by atomic mass is 16.1. The van der Waals surface area contributed by atoms with Gasteiger partial charge in [-0.15, -0.1) is 6.58 Å². The Bertz CT molecular complexity index is 131. The topological polar surface area (TPSA) is 29.1 Å². The normalized spacial score (nSPS) is 9.22. The Morgan fingerprint density at radius 1 is 1.67 bits per heavy atom. The summed E-state index contributed by atoms with van der Waals surface area (Å²) < 4.78 is 0. The molecule has 0 heterocycles. The molecule has 0 spiro atoms. The summed E-state index contributed by atoms with van der Waals surface area (Å²) in [4.78, 5) is 10.7. The average Bonchev–Trinajstić information content (AvgIpc) is 1.63. The molecule has 0 aliphatic rings. The number of hydrogen-bond acceptors (Lipinski definition) is 1. The monoisotopic (exact) mass is 125 g/mol. The van der Waals surface area contributed by atoms with Crippen LogP contribution in [0.15, 0.2) is 12.1 Å². The molecule has 0 unspecified atom stereocenters. The van der Waals surface area contributed by atoms with Crippen LogP contribution in [0.1, 0.15) is 13.8 Å². The standard InChI is InChI=1S/C6H12BNO/c1-4(2)8-6(9)5(3)7/h4H,3,7H2,1-2H3,(H,8,9). The number of carbonyl (C=O) groups excluding carboxylic acids is 1. The fraction of sp³-hybridized carbons (Fsp3) is 0.500. The zero-order valence-corrected chi connectivity index (χ0v) is 6.19. The number of carbonyl (C=O) groups is 1. The lowest BCUT2D eigenvalue weighted by Crippen LogP contribution is -2.31. The Morgan fingerprint density at radius 3 is 2.22 bits per heavy atom. The zero-order chi connectivity index (χ0) is 7.44. The third kappa shape index (κ3) is 3.82. The van der Waals surface area contributed by atoms with Gasteiger partial charge in [-0.05, 0) is 19.3 Å². The molecular weight excluding hydrogens is 113 g/mol. The molecule has 0 radical (unpaired) electrons. The minimum Gasteiger partial charge on any atom is -0.351 e. The van der Waals surface area contributed by atoms with E-state index in [4.69, 9.17) is 0 Å². The predicted molar refractivity (Wildman–Crippen MR) is 41.0 cm³/mol. The van der Waals surface area contributed by atoms with Crippen molar-refractivity contribution in [2.75, 3.05) is 0 Å². The van der Waals surface area contributed by atoms with Gasteiger partial charge in [0.25, 0.3) is 0 Å². The van der Waals surface area contributed by atoms with Crippen LogP contribution in [0.3, 0.4) is 0 Å². The molecule has 0 saturated heterocycles. The van der Waals surface area contributed by atoms with E-state index >= 15 is 0 Å². The Kier molecular flexibility index (Phi) is 3.06. The van der Waals surface area contributed by atoms with Crippen molar-refractivity contribution in [3.05, 3.63) is 12.1 Å². The first-order valence-electron chi connectivity index (χ1n) is 3.00. The van der Waals surface area contributed by atoms with E-state index in [9.17, 15) is 4.79 Å².